The third kappa shape index (κ3) is 3.99. The molecule has 1 saturated heterocycles. The second kappa shape index (κ2) is 6.22. The maximum absolute atomic E-state index is 12.2. The minimum absolute atomic E-state index is 0.201. The van der Waals surface area contributed by atoms with E-state index in [9.17, 15) is 14.4 Å². The van der Waals surface area contributed by atoms with Gasteiger partial charge in [0, 0.05) is 19.2 Å². The molecule has 8 nitrogen and oxygen atoms in total. The number of fused-ring (bicyclic) bond motifs is 1. The lowest BCUT2D eigenvalue weighted by molar-refractivity contribution is -0.222. The fraction of sp³-hybridized carbons (Fsp3) is 0.368. The molecule has 0 radical (unpaired) electrons. The molecular formula is C19H20N2O6. The summed E-state index contributed by atoms with van der Waals surface area (Å²) in [6.07, 6.45) is 2.29. The highest BCUT2D eigenvalue weighted by molar-refractivity contribution is 6.19. The molecule has 0 N–H and O–H groups in total. The number of hydrogen-bond donors (Lipinski definition) is 0. The van der Waals surface area contributed by atoms with Crippen molar-refractivity contribution in [1.29, 1.82) is 0 Å². The van der Waals surface area contributed by atoms with Gasteiger partial charge in [0.2, 0.25) is 0 Å². The topological polar surface area (TPSA) is 96.7 Å². The molecule has 8 heteroatoms. The van der Waals surface area contributed by atoms with Gasteiger partial charge in [-0.25, -0.2) is 14.4 Å². The number of carbonyl (C=O) groups excluding carboxylic acids is 3. The Balaban J connectivity index is 1.91. The molecular weight excluding hydrogens is 352 g/mol. The van der Waals surface area contributed by atoms with Crippen molar-refractivity contribution in [2.75, 3.05) is 0 Å². The largest absolute Gasteiger partial charge is 0.442 e. The van der Waals surface area contributed by atoms with Crippen LogP contribution in [0, 0.1) is 0 Å². The third-order valence-electron chi connectivity index (χ3n) is 3.59. The Morgan fingerprint density at radius 3 is 2.41 bits per heavy atom. The molecule has 27 heavy (non-hydrogen) atoms. The molecule has 2 aromatic rings. The summed E-state index contributed by atoms with van der Waals surface area (Å²) < 4.78 is 16.6. The lowest BCUT2D eigenvalue weighted by atomic mass is 10.1. The predicted octanol–water partition coefficient (Wildman–Crippen LogP) is 3.04. The van der Waals surface area contributed by atoms with Crippen molar-refractivity contribution in [2.24, 2.45) is 0 Å². The van der Waals surface area contributed by atoms with Crippen molar-refractivity contribution >= 4 is 35.0 Å². The van der Waals surface area contributed by atoms with E-state index in [1.807, 2.05) is 0 Å². The van der Waals surface area contributed by atoms with Crippen LogP contribution < -0.4 is 0 Å². The van der Waals surface area contributed by atoms with Crippen LogP contribution in [0.5, 0.6) is 0 Å². The molecule has 0 spiro atoms. The van der Waals surface area contributed by atoms with Gasteiger partial charge in [0.25, 0.3) is 5.79 Å². The first-order valence-electron chi connectivity index (χ1n) is 8.35. The molecule has 142 valence electrons. The van der Waals surface area contributed by atoms with Gasteiger partial charge >= 0.3 is 18.0 Å². The minimum Gasteiger partial charge on any atom is -0.442 e. The molecule has 1 fully saturated rings. The molecule has 1 aromatic carbocycles. The van der Waals surface area contributed by atoms with Crippen LogP contribution in [0.25, 0.3) is 17.0 Å². The first-order chi connectivity index (χ1) is 12.5. The number of rotatable bonds is 1. The van der Waals surface area contributed by atoms with E-state index in [1.54, 1.807) is 39.0 Å². The minimum atomic E-state index is -1.29. The van der Waals surface area contributed by atoms with Crippen LogP contribution in [0.3, 0.4) is 0 Å². The molecule has 0 aliphatic carbocycles. The Kier molecular flexibility index (Phi) is 4.29. The first kappa shape index (κ1) is 18.6. The van der Waals surface area contributed by atoms with Gasteiger partial charge in [-0.1, -0.05) is 6.07 Å². The van der Waals surface area contributed by atoms with E-state index >= 15 is 0 Å². The summed E-state index contributed by atoms with van der Waals surface area (Å²) in [6.45, 7) is 8.27. The summed E-state index contributed by atoms with van der Waals surface area (Å²) in [5.41, 5.74) is 0.263. The summed E-state index contributed by atoms with van der Waals surface area (Å²) >= 11 is 0. The van der Waals surface area contributed by atoms with E-state index in [2.05, 4.69) is 5.10 Å². The van der Waals surface area contributed by atoms with Crippen LogP contribution in [-0.2, 0) is 23.8 Å². The highest BCUT2D eigenvalue weighted by atomic mass is 16.7. The standard InChI is InChI=1S/C19H20N2O6/c1-18(2,3)27-17(24)21-14-7-6-11(8-12(14)10-20-21)9-13-15(22)25-19(4,5)26-16(13)23/h6-10H,1-5H3. The molecule has 0 saturated carbocycles. The molecule has 1 aromatic heterocycles. The monoisotopic (exact) mass is 372 g/mol. The highest BCUT2D eigenvalue weighted by Crippen LogP contribution is 2.25. The molecule has 0 unspecified atom stereocenters. The van der Waals surface area contributed by atoms with Crippen LogP contribution in [0.1, 0.15) is 40.2 Å². The van der Waals surface area contributed by atoms with Gasteiger partial charge in [0.05, 0.1) is 11.7 Å². The maximum atomic E-state index is 12.2. The normalized spacial score (nSPS) is 16.7. The van der Waals surface area contributed by atoms with Crippen LogP contribution in [-0.4, -0.2) is 39.2 Å². The third-order valence-corrected chi connectivity index (χ3v) is 3.59. The van der Waals surface area contributed by atoms with E-state index in [0.717, 1.165) is 4.68 Å². The SMILES string of the molecule is CC(C)(C)OC(=O)n1ncc2cc(C=C3C(=O)OC(C)(C)OC3=O)ccc21. The Morgan fingerprint density at radius 2 is 1.81 bits per heavy atom. The molecule has 1 aliphatic heterocycles. The van der Waals surface area contributed by atoms with Gasteiger partial charge in [0.1, 0.15) is 11.2 Å². The second-order valence-corrected chi connectivity index (χ2v) is 7.59. The second-order valence-electron chi connectivity index (χ2n) is 7.59. The number of nitrogens with zero attached hydrogens (tertiary/aromatic N) is 2. The number of aromatic nitrogens is 2. The van der Waals surface area contributed by atoms with Crippen molar-refractivity contribution < 1.29 is 28.6 Å². The number of hydrogen-bond acceptors (Lipinski definition) is 7. The summed E-state index contributed by atoms with van der Waals surface area (Å²) in [6, 6.07) is 5.00. The molecule has 0 amide bonds. The Labute approximate surface area is 155 Å². The van der Waals surface area contributed by atoms with Gasteiger partial charge in [-0.15, -0.1) is 0 Å². The highest BCUT2D eigenvalue weighted by Gasteiger charge is 2.38. The summed E-state index contributed by atoms with van der Waals surface area (Å²) in [5, 5.41) is 4.70. The zero-order valence-corrected chi connectivity index (χ0v) is 15.7. The van der Waals surface area contributed by atoms with Gasteiger partial charge in [-0.05, 0) is 44.5 Å². The lowest BCUT2D eigenvalue weighted by Crippen LogP contribution is -2.41. The fourth-order valence-electron chi connectivity index (χ4n) is 2.54. The summed E-state index contributed by atoms with van der Waals surface area (Å²) in [4.78, 5) is 36.3. The van der Waals surface area contributed by atoms with Crippen LogP contribution in [0.2, 0.25) is 0 Å². The molecule has 2 heterocycles. The number of cyclic esters (lactones) is 2. The number of ether oxygens (including phenoxy) is 3. The Hall–Kier alpha value is -3.16. The van der Waals surface area contributed by atoms with E-state index in [0.29, 0.717) is 16.5 Å². The van der Waals surface area contributed by atoms with E-state index < -0.39 is 29.4 Å². The van der Waals surface area contributed by atoms with Crippen LogP contribution in [0.15, 0.2) is 30.0 Å². The van der Waals surface area contributed by atoms with Gasteiger partial charge in [0.15, 0.2) is 0 Å². The molecule has 0 bridgehead atoms. The summed E-state index contributed by atoms with van der Waals surface area (Å²) in [7, 11) is 0. The van der Waals surface area contributed by atoms with Crippen molar-refractivity contribution in [1.82, 2.24) is 9.78 Å². The van der Waals surface area contributed by atoms with E-state index in [4.69, 9.17) is 14.2 Å². The number of esters is 2. The lowest BCUT2D eigenvalue weighted by Gasteiger charge is -2.29. The Bertz CT molecular complexity index is 956. The first-order valence-corrected chi connectivity index (χ1v) is 8.35. The zero-order valence-electron chi connectivity index (χ0n) is 15.7. The van der Waals surface area contributed by atoms with E-state index in [1.165, 1.54) is 26.1 Å². The summed E-state index contributed by atoms with van der Waals surface area (Å²) in [5.74, 6) is -2.79. The van der Waals surface area contributed by atoms with Crippen molar-refractivity contribution in [3.05, 3.63) is 35.5 Å². The average Bonchev–Trinajstić information content (AvgIpc) is 2.91. The molecule has 1 aliphatic rings. The maximum Gasteiger partial charge on any atom is 0.435 e. The average molecular weight is 372 g/mol. The van der Waals surface area contributed by atoms with Crippen LogP contribution in [0.4, 0.5) is 4.79 Å². The van der Waals surface area contributed by atoms with Crippen molar-refractivity contribution in [2.45, 2.75) is 46.0 Å². The van der Waals surface area contributed by atoms with Gasteiger partial charge in [-0.3, -0.25) is 0 Å². The molecule has 3 rings (SSSR count). The molecule has 0 atom stereocenters. The zero-order chi connectivity index (χ0) is 20.0. The van der Waals surface area contributed by atoms with E-state index in [-0.39, 0.29) is 5.57 Å². The Morgan fingerprint density at radius 1 is 1.19 bits per heavy atom. The number of carbonyl (C=O) groups is 3. The smallest absolute Gasteiger partial charge is 0.435 e. The predicted molar refractivity (Wildman–Crippen MR) is 95.6 cm³/mol. The van der Waals surface area contributed by atoms with Crippen molar-refractivity contribution in [3.63, 3.8) is 0 Å². The van der Waals surface area contributed by atoms with Crippen molar-refractivity contribution in [3.8, 4) is 0 Å². The quantitative estimate of drug-likeness (QED) is 0.431. The van der Waals surface area contributed by atoms with Crippen LogP contribution >= 0.6 is 0 Å². The number of benzene rings is 1. The van der Waals surface area contributed by atoms with Gasteiger partial charge < -0.3 is 14.2 Å². The van der Waals surface area contributed by atoms with Gasteiger partial charge in [-0.2, -0.15) is 9.78 Å². The fourth-order valence-corrected chi connectivity index (χ4v) is 2.54.